The molecule has 3 heterocycles. The minimum Gasteiger partial charge on any atom is -0.353 e. The molecule has 0 unspecified atom stereocenters. The highest BCUT2D eigenvalue weighted by atomic mass is 19.1. The number of hydrogen-bond donors (Lipinski definition) is 0. The number of piperazine rings is 1. The van der Waals surface area contributed by atoms with Gasteiger partial charge in [-0.25, -0.2) is 18.7 Å². The average Bonchev–Trinajstić information content (AvgIpc) is 2.78. The molecule has 0 spiro atoms. The van der Waals surface area contributed by atoms with Crippen LogP contribution in [0.5, 0.6) is 0 Å². The molecule has 0 saturated carbocycles. The number of carbonyl (C=O) groups excluding carboxylic acids is 2. The Bertz CT molecular complexity index is 995. The van der Waals surface area contributed by atoms with Crippen LogP contribution in [0, 0.1) is 31.4 Å². The molecule has 2 fully saturated rings. The second kappa shape index (κ2) is 9.18. The molecule has 9 heteroatoms. The molecule has 4 rings (SSSR count). The summed E-state index contributed by atoms with van der Waals surface area (Å²) in [6.07, 6.45) is 1.08. The van der Waals surface area contributed by atoms with Gasteiger partial charge in [-0.3, -0.25) is 9.59 Å². The van der Waals surface area contributed by atoms with Crippen LogP contribution >= 0.6 is 0 Å². The van der Waals surface area contributed by atoms with Gasteiger partial charge in [0.05, 0.1) is 5.56 Å². The van der Waals surface area contributed by atoms with E-state index in [0.29, 0.717) is 58.2 Å². The second-order valence-corrected chi connectivity index (χ2v) is 8.42. The first-order chi connectivity index (χ1) is 15.3. The molecule has 0 N–H and O–H groups in total. The number of aromatic nitrogens is 2. The lowest BCUT2D eigenvalue weighted by Gasteiger charge is -2.39. The fourth-order valence-electron chi connectivity index (χ4n) is 4.44. The van der Waals surface area contributed by atoms with Gasteiger partial charge in [0, 0.05) is 63.0 Å². The lowest BCUT2D eigenvalue weighted by atomic mass is 9.94. The summed E-state index contributed by atoms with van der Waals surface area (Å²) in [6, 6.07) is 4.93. The molecule has 2 aromatic rings. The third kappa shape index (κ3) is 4.71. The van der Waals surface area contributed by atoms with Crippen LogP contribution in [0.2, 0.25) is 0 Å². The van der Waals surface area contributed by atoms with Crippen molar-refractivity contribution in [2.45, 2.75) is 26.7 Å². The van der Waals surface area contributed by atoms with E-state index in [1.165, 1.54) is 11.0 Å². The summed E-state index contributed by atoms with van der Waals surface area (Å²) in [7, 11) is 0. The third-order valence-corrected chi connectivity index (χ3v) is 6.16. The summed E-state index contributed by atoms with van der Waals surface area (Å²) in [4.78, 5) is 40.0. The molecule has 32 heavy (non-hydrogen) atoms. The van der Waals surface area contributed by atoms with Crippen molar-refractivity contribution in [1.82, 2.24) is 19.8 Å². The number of amides is 2. The van der Waals surface area contributed by atoms with E-state index in [4.69, 9.17) is 0 Å². The maximum atomic E-state index is 13.9. The summed E-state index contributed by atoms with van der Waals surface area (Å²) in [5.74, 6) is -0.444. The molecule has 0 radical (unpaired) electrons. The highest BCUT2D eigenvalue weighted by Crippen LogP contribution is 2.24. The molecule has 2 amide bonds. The third-order valence-electron chi connectivity index (χ3n) is 6.16. The van der Waals surface area contributed by atoms with Gasteiger partial charge in [-0.1, -0.05) is 0 Å². The SMILES string of the molecule is Cc1cc(N2CCN(C(=O)C3CCN(C(=O)c4ccc(F)cc4F)CC3)CC2)nc(C)n1. The maximum Gasteiger partial charge on any atom is 0.256 e. The summed E-state index contributed by atoms with van der Waals surface area (Å²) in [6.45, 7) is 7.25. The quantitative estimate of drug-likeness (QED) is 0.729. The fraction of sp³-hybridized carbons (Fsp3) is 0.478. The van der Waals surface area contributed by atoms with E-state index in [1.807, 2.05) is 24.8 Å². The van der Waals surface area contributed by atoms with Crippen molar-refractivity contribution in [3.05, 3.63) is 53.0 Å². The number of hydrogen-bond acceptors (Lipinski definition) is 5. The van der Waals surface area contributed by atoms with Crippen LogP contribution in [0.4, 0.5) is 14.6 Å². The number of benzene rings is 1. The summed E-state index contributed by atoms with van der Waals surface area (Å²) in [5, 5.41) is 0. The van der Waals surface area contributed by atoms with Crippen LogP contribution in [-0.4, -0.2) is 70.9 Å². The number of halogens is 2. The van der Waals surface area contributed by atoms with Gasteiger partial charge in [0.25, 0.3) is 5.91 Å². The van der Waals surface area contributed by atoms with Gasteiger partial charge in [0.2, 0.25) is 5.91 Å². The number of piperidine rings is 1. The Labute approximate surface area is 186 Å². The van der Waals surface area contributed by atoms with Crippen LogP contribution in [0.25, 0.3) is 0 Å². The van der Waals surface area contributed by atoms with E-state index in [2.05, 4.69) is 14.9 Å². The summed E-state index contributed by atoms with van der Waals surface area (Å²) in [5.41, 5.74) is 0.787. The lowest BCUT2D eigenvalue weighted by Crippen LogP contribution is -2.52. The molecule has 0 aliphatic carbocycles. The Morgan fingerprint density at radius 2 is 1.59 bits per heavy atom. The first kappa shape index (κ1) is 22.1. The van der Waals surface area contributed by atoms with E-state index in [9.17, 15) is 18.4 Å². The number of nitrogens with zero attached hydrogens (tertiary/aromatic N) is 5. The maximum absolute atomic E-state index is 13.9. The van der Waals surface area contributed by atoms with Gasteiger partial charge in [-0.15, -0.1) is 0 Å². The first-order valence-corrected chi connectivity index (χ1v) is 10.9. The average molecular weight is 443 g/mol. The molecule has 2 aliphatic rings. The zero-order valence-electron chi connectivity index (χ0n) is 18.4. The van der Waals surface area contributed by atoms with E-state index >= 15 is 0 Å². The molecule has 1 aromatic heterocycles. The Hall–Kier alpha value is -3.10. The van der Waals surface area contributed by atoms with Crippen LogP contribution in [0.3, 0.4) is 0 Å². The largest absolute Gasteiger partial charge is 0.353 e. The van der Waals surface area contributed by atoms with Crippen molar-refractivity contribution in [2.75, 3.05) is 44.2 Å². The van der Waals surface area contributed by atoms with Crippen LogP contribution in [-0.2, 0) is 4.79 Å². The standard InChI is InChI=1S/C23H27F2N5O2/c1-15-13-21(27-16(2)26-15)28-9-11-30(12-10-28)22(31)17-5-7-29(8-6-17)23(32)19-4-3-18(24)14-20(19)25/h3-4,13-14,17H,5-12H2,1-2H3. The summed E-state index contributed by atoms with van der Waals surface area (Å²) >= 11 is 0. The predicted octanol–water partition coefficient (Wildman–Crippen LogP) is 2.57. The Morgan fingerprint density at radius 3 is 2.22 bits per heavy atom. The van der Waals surface area contributed by atoms with Crippen LogP contribution < -0.4 is 4.90 Å². The molecule has 1 aromatic carbocycles. The van der Waals surface area contributed by atoms with E-state index in [0.717, 1.165) is 23.4 Å². The van der Waals surface area contributed by atoms with Crippen molar-refractivity contribution < 1.29 is 18.4 Å². The molecule has 2 aliphatic heterocycles. The highest BCUT2D eigenvalue weighted by Gasteiger charge is 2.32. The molecular weight excluding hydrogens is 416 g/mol. The normalized spacial score (nSPS) is 17.6. The molecule has 0 bridgehead atoms. The van der Waals surface area contributed by atoms with Gasteiger partial charge >= 0.3 is 0 Å². The topological polar surface area (TPSA) is 69.6 Å². The van der Waals surface area contributed by atoms with Crippen molar-refractivity contribution in [1.29, 1.82) is 0 Å². The molecule has 0 atom stereocenters. The lowest BCUT2D eigenvalue weighted by molar-refractivity contribution is -0.137. The first-order valence-electron chi connectivity index (χ1n) is 10.9. The number of aryl methyl sites for hydroxylation is 2. The molecular formula is C23H27F2N5O2. The zero-order valence-corrected chi connectivity index (χ0v) is 18.4. The minimum absolute atomic E-state index is 0.111. The Morgan fingerprint density at radius 1 is 0.906 bits per heavy atom. The minimum atomic E-state index is -0.861. The van der Waals surface area contributed by atoms with E-state index in [1.54, 1.807) is 0 Å². The highest BCUT2D eigenvalue weighted by molar-refractivity contribution is 5.94. The van der Waals surface area contributed by atoms with Crippen molar-refractivity contribution >= 4 is 17.6 Å². The number of carbonyl (C=O) groups is 2. The predicted molar refractivity (Wildman–Crippen MR) is 115 cm³/mol. The number of anilines is 1. The van der Waals surface area contributed by atoms with E-state index < -0.39 is 17.5 Å². The zero-order chi connectivity index (χ0) is 22.8. The van der Waals surface area contributed by atoms with Gasteiger partial charge in [0.1, 0.15) is 23.3 Å². The smallest absolute Gasteiger partial charge is 0.256 e. The van der Waals surface area contributed by atoms with Gasteiger partial charge in [-0.2, -0.15) is 0 Å². The van der Waals surface area contributed by atoms with Crippen LogP contribution in [0.15, 0.2) is 24.3 Å². The van der Waals surface area contributed by atoms with Crippen molar-refractivity contribution in [3.8, 4) is 0 Å². The van der Waals surface area contributed by atoms with Gasteiger partial charge < -0.3 is 14.7 Å². The monoisotopic (exact) mass is 443 g/mol. The van der Waals surface area contributed by atoms with E-state index in [-0.39, 0.29) is 17.4 Å². The molecule has 170 valence electrons. The fourth-order valence-corrected chi connectivity index (χ4v) is 4.44. The van der Waals surface area contributed by atoms with Gasteiger partial charge in [0.15, 0.2) is 0 Å². The molecule has 2 saturated heterocycles. The molecule has 7 nitrogen and oxygen atoms in total. The summed E-state index contributed by atoms with van der Waals surface area (Å²) < 4.78 is 27.1. The Kier molecular flexibility index (Phi) is 6.34. The Balaban J connectivity index is 1.30. The number of rotatable bonds is 3. The number of likely N-dealkylation sites (tertiary alicyclic amines) is 1. The van der Waals surface area contributed by atoms with Gasteiger partial charge in [-0.05, 0) is 38.8 Å². The van der Waals surface area contributed by atoms with Crippen molar-refractivity contribution in [3.63, 3.8) is 0 Å². The van der Waals surface area contributed by atoms with Crippen LogP contribution in [0.1, 0.15) is 34.7 Å². The second-order valence-electron chi connectivity index (χ2n) is 8.42. The van der Waals surface area contributed by atoms with Crippen molar-refractivity contribution in [2.24, 2.45) is 5.92 Å².